The summed E-state index contributed by atoms with van der Waals surface area (Å²) >= 11 is 3.34. The second kappa shape index (κ2) is 6.75. The molecule has 0 aromatic carbocycles. The maximum absolute atomic E-state index is 12.4. The smallest absolute Gasteiger partial charge is 0.323 e. The maximum atomic E-state index is 12.4. The number of nitrogens with zero attached hydrogens (tertiary/aromatic N) is 2. The van der Waals surface area contributed by atoms with Crippen molar-refractivity contribution in [1.82, 2.24) is 9.47 Å². The van der Waals surface area contributed by atoms with Crippen molar-refractivity contribution in [3.05, 3.63) is 22.4 Å². The molecule has 1 heterocycles. The van der Waals surface area contributed by atoms with Gasteiger partial charge in [-0.05, 0) is 34.8 Å². The highest BCUT2D eigenvalue weighted by molar-refractivity contribution is 9.10. The van der Waals surface area contributed by atoms with E-state index in [0.29, 0.717) is 18.8 Å². The largest absolute Gasteiger partial charge is 0.480 e. The summed E-state index contributed by atoms with van der Waals surface area (Å²) in [7, 11) is 0. The molecule has 0 unspecified atom stereocenters. The molecule has 19 heavy (non-hydrogen) atoms. The molecule has 6 heteroatoms. The van der Waals surface area contributed by atoms with E-state index in [4.69, 9.17) is 5.11 Å². The molecule has 1 rings (SSSR count). The SMILES string of the molecule is CCn1cc(Br)cc1C(=O)N(CC(=O)O)CC(C)C. The third kappa shape index (κ3) is 4.38. The number of carbonyl (C=O) groups excluding carboxylic acids is 1. The molecule has 0 radical (unpaired) electrons. The van der Waals surface area contributed by atoms with Gasteiger partial charge in [-0.1, -0.05) is 13.8 Å². The van der Waals surface area contributed by atoms with Gasteiger partial charge in [-0.25, -0.2) is 0 Å². The lowest BCUT2D eigenvalue weighted by molar-refractivity contribution is -0.137. The average Bonchev–Trinajstić information content (AvgIpc) is 2.67. The highest BCUT2D eigenvalue weighted by Crippen LogP contribution is 2.17. The topological polar surface area (TPSA) is 62.5 Å². The fourth-order valence-corrected chi connectivity index (χ4v) is 2.36. The second-order valence-electron chi connectivity index (χ2n) is 4.80. The van der Waals surface area contributed by atoms with Gasteiger partial charge in [0.15, 0.2) is 0 Å². The van der Waals surface area contributed by atoms with Crippen molar-refractivity contribution >= 4 is 27.8 Å². The Balaban J connectivity index is 3.00. The van der Waals surface area contributed by atoms with Crippen LogP contribution >= 0.6 is 15.9 Å². The molecule has 0 atom stereocenters. The first kappa shape index (κ1) is 15.8. The first-order chi connectivity index (χ1) is 8.85. The zero-order chi connectivity index (χ0) is 14.6. The van der Waals surface area contributed by atoms with Gasteiger partial charge in [0.1, 0.15) is 12.2 Å². The molecule has 0 saturated heterocycles. The number of rotatable bonds is 6. The van der Waals surface area contributed by atoms with E-state index < -0.39 is 5.97 Å². The lowest BCUT2D eigenvalue weighted by Gasteiger charge is -2.23. The number of hydrogen-bond donors (Lipinski definition) is 1. The van der Waals surface area contributed by atoms with Crippen molar-refractivity contribution in [3.8, 4) is 0 Å². The average molecular weight is 331 g/mol. The number of carbonyl (C=O) groups is 2. The number of aliphatic carboxylic acids is 1. The van der Waals surface area contributed by atoms with Crippen LogP contribution in [-0.4, -0.2) is 39.5 Å². The highest BCUT2D eigenvalue weighted by atomic mass is 79.9. The molecule has 1 N–H and O–H groups in total. The summed E-state index contributed by atoms with van der Waals surface area (Å²) in [5, 5.41) is 8.91. The lowest BCUT2D eigenvalue weighted by Crippen LogP contribution is -2.39. The molecule has 0 aliphatic heterocycles. The van der Waals surface area contributed by atoms with Crippen molar-refractivity contribution in [2.75, 3.05) is 13.1 Å². The van der Waals surface area contributed by atoms with E-state index in [0.717, 1.165) is 4.47 Å². The number of amides is 1. The fourth-order valence-electron chi connectivity index (χ4n) is 1.90. The van der Waals surface area contributed by atoms with Crippen LogP contribution in [0.5, 0.6) is 0 Å². The predicted octanol–water partition coefficient (Wildman–Crippen LogP) is 2.45. The van der Waals surface area contributed by atoms with Crippen molar-refractivity contribution < 1.29 is 14.7 Å². The molecule has 0 bridgehead atoms. The molecule has 106 valence electrons. The summed E-state index contributed by atoms with van der Waals surface area (Å²) < 4.78 is 2.62. The summed E-state index contributed by atoms with van der Waals surface area (Å²) in [5.41, 5.74) is 0.510. The van der Waals surface area contributed by atoms with E-state index in [2.05, 4.69) is 15.9 Å². The second-order valence-corrected chi connectivity index (χ2v) is 5.72. The van der Waals surface area contributed by atoms with Gasteiger partial charge in [0, 0.05) is 23.8 Å². The Kier molecular flexibility index (Phi) is 5.60. The number of hydrogen-bond acceptors (Lipinski definition) is 2. The van der Waals surface area contributed by atoms with Crippen LogP contribution in [0.4, 0.5) is 0 Å². The zero-order valence-corrected chi connectivity index (χ0v) is 13.0. The first-order valence-electron chi connectivity index (χ1n) is 6.21. The van der Waals surface area contributed by atoms with Crippen molar-refractivity contribution in [2.45, 2.75) is 27.3 Å². The van der Waals surface area contributed by atoms with Crippen LogP contribution in [0, 0.1) is 5.92 Å². The van der Waals surface area contributed by atoms with Crippen LogP contribution in [0.25, 0.3) is 0 Å². The molecule has 5 nitrogen and oxygen atoms in total. The molecule has 0 fully saturated rings. The number of carboxylic acids is 1. The summed E-state index contributed by atoms with van der Waals surface area (Å²) in [4.78, 5) is 24.7. The molecule has 1 aromatic heterocycles. The number of carboxylic acid groups (broad SMARTS) is 1. The summed E-state index contributed by atoms with van der Waals surface area (Å²) in [6.45, 7) is 6.66. The Morgan fingerprint density at radius 3 is 2.58 bits per heavy atom. The van der Waals surface area contributed by atoms with E-state index >= 15 is 0 Å². The van der Waals surface area contributed by atoms with Crippen LogP contribution in [-0.2, 0) is 11.3 Å². The molecule has 0 saturated carbocycles. The van der Waals surface area contributed by atoms with Gasteiger partial charge < -0.3 is 14.6 Å². The molecule has 0 spiro atoms. The van der Waals surface area contributed by atoms with E-state index in [1.807, 2.05) is 31.5 Å². The van der Waals surface area contributed by atoms with Gasteiger partial charge in [0.05, 0.1) is 0 Å². The fraction of sp³-hybridized carbons (Fsp3) is 0.538. The minimum absolute atomic E-state index is 0.219. The third-order valence-electron chi connectivity index (χ3n) is 2.62. The van der Waals surface area contributed by atoms with Crippen LogP contribution in [0.1, 0.15) is 31.3 Å². The minimum atomic E-state index is -0.998. The van der Waals surface area contributed by atoms with E-state index in [-0.39, 0.29) is 18.4 Å². The van der Waals surface area contributed by atoms with Gasteiger partial charge in [0.2, 0.25) is 0 Å². The Morgan fingerprint density at radius 1 is 1.47 bits per heavy atom. The Morgan fingerprint density at radius 2 is 2.11 bits per heavy atom. The van der Waals surface area contributed by atoms with Crippen LogP contribution in [0.15, 0.2) is 16.7 Å². The van der Waals surface area contributed by atoms with E-state index in [1.165, 1.54) is 4.90 Å². The first-order valence-corrected chi connectivity index (χ1v) is 7.01. The van der Waals surface area contributed by atoms with Gasteiger partial charge in [-0.2, -0.15) is 0 Å². The Hall–Kier alpha value is -1.30. The van der Waals surface area contributed by atoms with Crippen molar-refractivity contribution in [1.29, 1.82) is 0 Å². The standard InChI is InChI=1S/C13H19BrN2O3/c1-4-15-7-10(14)5-11(15)13(19)16(6-9(2)3)8-12(17)18/h5,7,9H,4,6,8H2,1-3H3,(H,17,18). The highest BCUT2D eigenvalue weighted by Gasteiger charge is 2.22. The van der Waals surface area contributed by atoms with Crippen molar-refractivity contribution in [3.63, 3.8) is 0 Å². The number of halogens is 1. The number of aromatic nitrogens is 1. The molecule has 1 amide bonds. The number of aryl methyl sites for hydroxylation is 1. The monoisotopic (exact) mass is 330 g/mol. The predicted molar refractivity (Wildman–Crippen MR) is 76.2 cm³/mol. The van der Waals surface area contributed by atoms with Crippen LogP contribution in [0.2, 0.25) is 0 Å². The van der Waals surface area contributed by atoms with Gasteiger partial charge >= 0.3 is 5.97 Å². The van der Waals surface area contributed by atoms with Crippen LogP contribution in [0.3, 0.4) is 0 Å². The lowest BCUT2D eigenvalue weighted by atomic mass is 10.2. The zero-order valence-electron chi connectivity index (χ0n) is 11.4. The normalized spacial score (nSPS) is 10.8. The van der Waals surface area contributed by atoms with E-state index in [9.17, 15) is 9.59 Å². The van der Waals surface area contributed by atoms with Gasteiger partial charge in [-0.15, -0.1) is 0 Å². The third-order valence-corrected chi connectivity index (χ3v) is 3.06. The molecular weight excluding hydrogens is 312 g/mol. The molecule has 0 aliphatic carbocycles. The van der Waals surface area contributed by atoms with Gasteiger partial charge in [0.25, 0.3) is 5.91 Å². The molecule has 1 aromatic rings. The minimum Gasteiger partial charge on any atom is -0.480 e. The van der Waals surface area contributed by atoms with Crippen LogP contribution < -0.4 is 0 Å². The van der Waals surface area contributed by atoms with Crippen molar-refractivity contribution in [2.24, 2.45) is 5.92 Å². The molecular formula is C13H19BrN2O3. The summed E-state index contributed by atoms with van der Waals surface area (Å²) in [6, 6.07) is 1.72. The summed E-state index contributed by atoms with van der Waals surface area (Å²) in [5.74, 6) is -1.02. The van der Waals surface area contributed by atoms with Gasteiger partial charge in [-0.3, -0.25) is 9.59 Å². The summed E-state index contributed by atoms with van der Waals surface area (Å²) in [6.07, 6.45) is 1.82. The Bertz CT molecular complexity index is 468. The quantitative estimate of drug-likeness (QED) is 0.871. The molecule has 0 aliphatic rings. The Labute approximate surface area is 121 Å². The maximum Gasteiger partial charge on any atom is 0.323 e. The van der Waals surface area contributed by atoms with E-state index in [1.54, 1.807) is 6.07 Å².